The summed E-state index contributed by atoms with van der Waals surface area (Å²) in [6.07, 6.45) is 7.15. The molecule has 1 saturated carbocycles. The number of hydrogen-bond acceptors (Lipinski definition) is 4. The van der Waals surface area contributed by atoms with E-state index in [2.05, 4.69) is 15.0 Å². The molecule has 1 heterocycles. The van der Waals surface area contributed by atoms with E-state index in [1.165, 1.54) is 25.7 Å². The van der Waals surface area contributed by atoms with Crippen LogP contribution in [-0.2, 0) is 0 Å². The van der Waals surface area contributed by atoms with Crippen molar-refractivity contribution < 1.29 is 0 Å². The number of nitrogens with two attached hydrogens (primary N) is 1. The fraction of sp³-hybridized carbons (Fsp3) is 0.700. The summed E-state index contributed by atoms with van der Waals surface area (Å²) >= 11 is 0. The first-order valence-corrected chi connectivity index (χ1v) is 5.49. The van der Waals surface area contributed by atoms with Crippen molar-refractivity contribution in [2.24, 2.45) is 0 Å². The lowest BCUT2D eigenvalue weighted by molar-refractivity contribution is 0.556. The maximum absolute atomic E-state index is 11.2. The van der Waals surface area contributed by atoms with E-state index in [-0.39, 0.29) is 11.6 Å². The van der Waals surface area contributed by atoms with Gasteiger partial charge in [0.25, 0.3) is 0 Å². The topological polar surface area (TPSA) is 84.7 Å². The molecule has 1 aliphatic rings. The Kier molecular flexibility index (Phi) is 2.99. The van der Waals surface area contributed by atoms with Gasteiger partial charge < -0.3 is 5.73 Å². The average Bonchev–Trinajstić information content (AvgIpc) is 2.43. The first-order chi connectivity index (χ1) is 7.25. The molecule has 0 atom stereocenters. The van der Waals surface area contributed by atoms with Crippen LogP contribution in [0, 0.1) is 0 Å². The van der Waals surface area contributed by atoms with Crippen molar-refractivity contribution in [2.45, 2.75) is 44.4 Å². The first kappa shape index (κ1) is 10.1. The Bertz CT molecular complexity index is 379. The van der Waals surface area contributed by atoms with Crippen molar-refractivity contribution in [3.63, 3.8) is 0 Å². The molecule has 3 N–H and O–H groups in total. The molecule has 1 aromatic heterocycles. The van der Waals surface area contributed by atoms with Gasteiger partial charge in [-0.3, -0.25) is 4.98 Å². The number of rotatable bonds is 1. The van der Waals surface area contributed by atoms with Crippen LogP contribution in [0.3, 0.4) is 0 Å². The van der Waals surface area contributed by atoms with Gasteiger partial charge in [-0.05, 0) is 12.8 Å². The summed E-state index contributed by atoms with van der Waals surface area (Å²) in [7, 11) is 0. The Morgan fingerprint density at radius 2 is 1.80 bits per heavy atom. The van der Waals surface area contributed by atoms with Crippen molar-refractivity contribution in [1.82, 2.24) is 15.0 Å². The maximum Gasteiger partial charge on any atom is 0.349 e. The van der Waals surface area contributed by atoms with Crippen LogP contribution in [0.2, 0.25) is 0 Å². The number of anilines is 1. The van der Waals surface area contributed by atoms with Gasteiger partial charge in [0.1, 0.15) is 5.82 Å². The van der Waals surface area contributed by atoms with Gasteiger partial charge in [-0.1, -0.05) is 25.7 Å². The minimum Gasteiger partial charge on any atom is -0.368 e. The highest BCUT2D eigenvalue weighted by atomic mass is 16.1. The third-order valence-corrected chi connectivity index (χ3v) is 2.93. The number of nitrogen functional groups attached to an aromatic ring is 1. The van der Waals surface area contributed by atoms with Gasteiger partial charge in [-0.15, -0.1) is 0 Å². The first-order valence-electron chi connectivity index (χ1n) is 5.49. The highest BCUT2D eigenvalue weighted by Crippen LogP contribution is 2.28. The molecule has 1 fully saturated rings. The quantitative estimate of drug-likeness (QED) is 0.679. The van der Waals surface area contributed by atoms with Gasteiger partial charge in [0.15, 0.2) is 0 Å². The van der Waals surface area contributed by atoms with Gasteiger partial charge in [-0.25, -0.2) is 4.79 Å². The summed E-state index contributed by atoms with van der Waals surface area (Å²) in [5, 5.41) is 0. The van der Waals surface area contributed by atoms with Crippen molar-refractivity contribution in [3.05, 3.63) is 16.3 Å². The van der Waals surface area contributed by atoms with E-state index < -0.39 is 0 Å². The second kappa shape index (κ2) is 4.42. The molecule has 5 heteroatoms. The Morgan fingerprint density at radius 1 is 1.13 bits per heavy atom. The second-order valence-electron chi connectivity index (χ2n) is 4.09. The van der Waals surface area contributed by atoms with E-state index in [9.17, 15) is 4.79 Å². The summed E-state index contributed by atoms with van der Waals surface area (Å²) in [6, 6.07) is 0. The van der Waals surface area contributed by atoms with E-state index in [1.807, 2.05) is 0 Å². The third-order valence-electron chi connectivity index (χ3n) is 2.93. The Labute approximate surface area is 88.1 Å². The molecule has 0 unspecified atom stereocenters. The molecular formula is C10H16N4O. The largest absolute Gasteiger partial charge is 0.368 e. The van der Waals surface area contributed by atoms with Crippen molar-refractivity contribution in [3.8, 4) is 0 Å². The van der Waals surface area contributed by atoms with Crippen LogP contribution in [0.4, 0.5) is 5.95 Å². The number of aromatic nitrogens is 3. The van der Waals surface area contributed by atoms with Gasteiger partial charge in [-0.2, -0.15) is 9.97 Å². The molecule has 0 aromatic carbocycles. The molecule has 0 amide bonds. The molecule has 1 aromatic rings. The van der Waals surface area contributed by atoms with Crippen LogP contribution in [0.5, 0.6) is 0 Å². The fourth-order valence-electron chi connectivity index (χ4n) is 2.16. The summed E-state index contributed by atoms with van der Waals surface area (Å²) < 4.78 is 0. The van der Waals surface area contributed by atoms with E-state index >= 15 is 0 Å². The monoisotopic (exact) mass is 208 g/mol. The highest BCUT2D eigenvalue weighted by Gasteiger charge is 2.17. The molecule has 1 aliphatic carbocycles. The molecule has 0 aliphatic heterocycles. The number of H-pyrrole nitrogens is 1. The summed E-state index contributed by atoms with van der Waals surface area (Å²) in [5.74, 6) is 1.15. The minimum absolute atomic E-state index is 0.0815. The maximum atomic E-state index is 11.2. The average molecular weight is 208 g/mol. The number of aromatic amines is 1. The lowest BCUT2D eigenvalue weighted by Crippen LogP contribution is -2.19. The predicted molar refractivity (Wildman–Crippen MR) is 57.5 cm³/mol. The smallest absolute Gasteiger partial charge is 0.349 e. The van der Waals surface area contributed by atoms with Crippen molar-refractivity contribution >= 4 is 5.95 Å². The van der Waals surface area contributed by atoms with Crippen LogP contribution in [0.1, 0.15) is 50.3 Å². The number of nitrogens with one attached hydrogen (secondary N) is 1. The normalized spacial score (nSPS) is 18.7. The second-order valence-corrected chi connectivity index (χ2v) is 4.09. The van der Waals surface area contributed by atoms with Crippen molar-refractivity contribution in [1.29, 1.82) is 0 Å². The molecule has 15 heavy (non-hydrogen) atoms. The molecule has 82 valence electrons. The minimum atomic E-state index is -0.387. The van der Waals surface area contributed by atoms with E-state index in [0.29, 0.717) is 5.92 Å². The van der Waals surface area contributed by atoms with Gasteiger partial charge in [0.05, 0.1) is 0 Å². The highest BCUT2D eigenvalue weighted by molar-refractivity contribution is 5.14. The Morgan fingerprint density at radius 3 is 2.40 bits per heavy atom. The molecular weight excluding hydrogens is 192 g/mol. The molecule has 0 radical (unpaired) electrons. The Balaban J connectivity index is 2.23. The number of nitrogens with zero attached hydrogens (tertiary/aromatic N) is 2. The standard InChI is InChI=1S/C10H16N4O/c11-9-12-8(13-10(15)14-9)7-5-3-1-2-4-6-7/h7H,1-6H2,(H3,11,12,13,14,15). The molecule has 0 saturated heterocycles. The zero-order valence-corrected chi connectivity index (χ0v) is 8.70. The lowest BCUT2D eigenvalue weighted by Gasteiger charge is -2.12. The van der Waals surface area contributed by atoms with Crippen LogP contribution in [0.15, 0.2) is 4.79 Å². The van der Waals surface area contributed by atoms with E-state index in [1.54, 1.807) is 0 Å². The molecule has 0 bridgehead atoms. The number of hydrogen-bond donors (Lipinski definition) is 2. The molecule has 0 spiro atoms. The van der Waals surface area contributed by atoms with Gasteiger partial charge in [0, 0.05) is 5.92 Å². The zero-order valence-electron chi connectivity index (χ0n) is 8.70. The van der Waals surface area contributed by atoms with Crippen LogP contribution in [0.25, 0.3) is 0 Å². The fourth-order valence-corrected chi connectivity index (χ4v) is 2.16. The van der Waals surface area contributed by atoms with E-state index in [4.69, 9.17) is 5.73 Å². The SMILES string of the molecule is Nc1nc(C2CCCCCC2)[nH]c(=O)n1. The van der Waals surface area contributed by atoms with Crippen LogP contribution >= 0.6 is 0 Å². The summed E-state index contributed by atoms with van der Waals surface area (Å²) in [4.78, 5) is 21.5. The van der Waals surface area contributed by atoms with Crippen LogP contribution < -0.4 is 11.4 Å². The summed E-state index contributed by atoms with van der Waals surface area (Å²) in [5.41, 5.74) is 5.08. The molecule has 2 rings (SSSR count). The van der Waals surface area contributed by atoms with Gasteiger partial charge in [0.2, 0.25) is 5.95 Å². The third kappa shape index (κ3) is 2.55. The van der Waals surface area contributed by atoms with Crippen LogP contribution in [-0.4, -0.2) is 15.0 Å². The van der Waals surface area contributed by atoms with Gasteiger partial charge >= 0.3 is 5.69 Å². The zero-order chi connectivity index (χ0) is 10.7. The van der Waals surface area contributed by atoms with Crippen molar-refractivity contribution in [2.75, 3.05) is 5.73 Å². The Hall–Kier alpha value is -1.39. The van der Waals surface area contributed by atoms with E-state index in [0.717, 1.165) is 18.7 Å². The predicted octanol–water partition coefficient (Wildman–Crippen LogP) is 1.18. The summed E-state index contributed by atoms with van der Waals surface area (Å²) in [6.45, 7) is 0. The molecule has 5 nitrogen and oxygen atoms in total. The lowest BCUT2D eigenvalue weighted by atomic mass is 10.00.